The summed E-state index contributed by atoms with van der Waals surface area (Å²) in [7, 11) is 6.52. The van der Waals surface area contributed by atoms with Crippen LogP contribution in [0, 0.1) is 0 Å². The van der Waals surface area contributed by atoms with Gasteiger partial charge in [-0.1, -0.05) is 0 Å². The molecule has 1 aromatic carbocycles. The summed E-state index contributed by atoms with van der Waals surface area (Å²) in [6, 6.07) is 8.63. The number of hydrogen-bond donors (Lipinski definition) is 1. The molecule has 2 heteroatoms. The van der Waals surface area contributed by atoms with Crippen LogP contribution in [0.1, 0.15) is 0 Å². The highest BCUT2D eigenvalue weighted by Crippen LogP contribution is 2.22. The van der Waals surface area contributed by atoms with Crippen LogP contribution in [-0.2, 0) is 0 Å². The minimum absolute atomic E-state index is 0.862. The van der Waals surface area contributed by atoms with Crippen molar-refractivity contribution in [3.05, 3.63) is 30.5 Å². The lowest BCUT2D eigenvalue weighted by atomic mass is 10.2. The van der Waals surface area contributed by atoms with Gasteiger partial charge in [0.25, 0.3) is 0 Å². The number of hydrogen-bond acceptors (Lipinski definition) is 0. The molecule has 0 aliphatic heterocycles. The summed E-state index contributed by atoms with van der Waals surface area (Å²) in [5.41, 5.74) is 2.53. The number of H-pyrrole nitrogens is 1. The molecule has 0 aliphatic rings. The molecule has 2 rings (SSSR count). The first-order valence-corrected chi connectivity index (χ1v) is 4.46. The molecule has 0 atom stereocenters. The van der Waals surface area contributed by atoms with Crippen LogP contribution in [0.3, 0.4) is 0 Å². The molecule has 1 aromatic heterocycles. The normalized spacial score (nSPS) is 12.2. The maximum absolute atomic E-state index is 3.19. The molecule has 0 saturated heterocycles. The monoisotopic (exact) mass is 175 g/mol. The van der Waals surface area contributed by atoms with E-state index in [1.165, 1.54) is 16.6 Å². The first kappa shape index (κ1) is 8.32. The lowest BCUT2D eigenvalue weighted by Crippen LogP contribution is -2.34. The number of benzene rings is 1. The van der Waals surface area contributed by atoms with Gasteiger partial charge < -0.3 is 4.98 Å². The van der Waals surface area contributed by atoms with Crippen LogP contribution in [0.5, 0.6) is 0 Å². The summed E-state index contributed by atoms with van der Waals surface area (Å²) in [6.45, 7) is 0. The number of fused-ring (bicyclic) bond motifs is 1. The molecule has 13 heavy (non-hydrogen) atoms. The topological polar surface area (TPSA) is 15.8 Å². The summed E-state index contributed by atoms with van der Waals surface area (Å²) in [5, 5.41) is 1.28. The fourth-order valence-electron chi connectivity index (χ4n) is 1.46. The van der Waals surface area contributed by atoms with Crippen LogP contribution in [0.2, 0.25) is 0 Å². The molecule has 0 aliphatic carbocycles. The van der Waals surface area contributed by atoms with Gasteiger partial charge in [0, 0.05) is 29.2 Å². The van der Waals surface area contributed by atoms with Crippen molar-refractivity contribution in [2.45, 2.75) is 0 Å². The molecule has 1 N–H and O–H groups in total. The van der Waals surface area contributed by atoms with Crippen LogP contribution in [0.15, 0.2) is 30.5 Å². The molecule has 0 unspecified atom stereocenters. The van der Waals surface area contributed by atoms with Crippen LogP contribution in [0.4, 0.5) is 5.69 Å². The third-order valence-corrected chi connectivity index (χ3v) is 2.31. The molecule has 2 nitrogen and oxygen atoms in total. The molecule has 0 saturated carbocycles. The Kier molecular flexibility index (Phi) is 1.67. The summed E-state index contributed by atoms with van der Waals surface area (Å²) in [6.07, 6.45) is 1.98. The number of rotatable bonds is 1. The van der Waals surface area contributed by atoms with Gasteiger partial charge in [-0.3, -0.25) is 4.48 Å². The zero-order valence-corrected chi connectivity index (χ0v) is 8.33. The number of nitrogens with zero attached hydrogens (tertiary/aromatic N) is 1. The van der Waals surface area contributed by atoms with Crippen molar-refractivity contribution in [3.63, 3.8) is 0 Å². The molecule has 2 aromatic rings. The van der Waals surface area contributed by atoms with Crippen molar-refractivity contribution in [1.82, 2.24) is 9.47 Å². The molecular weight excluding hydrogens is 160 g/mol. The number of aromatic amines is 1. The van der Waals surface area contributed by atoms with Crippen molar-refractivity contribution in [2.75, 3.05) is 21.1 Å². The first-order valence-electron chi connectivity index (χ1n) is 4.46. The predicted octanol–water partition coefficient (Wildman–Crippen LogP) is 2.36. The summed E-state index contributed by atoms with van der Waals surface area (Å²) >= 11 is 0. The first-order chi connectivity index (χ1) is 6.07. The van der Waals surface area contributed by atoms with E-state index in [1.807, 2.05) is 6.20 Å². The highest BCUT2D eigenvalue weighted by molar-refractivity contribution is 5.82. The highest BCUT2D eigenvalue weighted by atomic mass is 15.3. The van der Waals surface area contributed by atoms with Crippen LogP contribution in [-0.4, -0.2) is 26.1 Å². The van der Waals surface area contributed by atoms with E-state index in [9.17, 15) is 0 Å². The molecule has 0 spiro atoms. The fourth-order valence-corrected chi connectivity index (χ4v) is 1.46. The summed E-state index contributed by atoms with van der Waals surface area (Å²) in [5.74, 6) is 0. The lowest BCUT2D eigenvalue weighted by molar-refractivity contribution is 0.487. The van der Waals surface area contributed by atoms with Crippen LogP contribution in [0.25, 0.3) is 10.9 Å². The Morgan fingerprint density at radius 3 is 2.54 bits per heavy atom. The SMILES string of the molecule is C[N+](C)(C)c1ccc2[nH]ccc2c1. The molecule has 1 heterocycles. The zero-order valence-electron chi connectivity index (χ0n) is 8.33. The summed E-state index contributed by atoms with van der Waals surface area (Å²) in [4.78, 5) is 3.19. The van der Waals surface area contributed by atoms with Crippen molar-refractivity contribution >= 4 is 16.6 Å². The predicted molar refractivity (Wildman–Crippen MR) is 57.9 cm³/mol. The van der Waals surface area contributed by atoms with Gasteiger partial charge in [-0.25, -0.2) is 0 Å². The summed E-state index contributed by atoms with van der Waals surface area (Å²) < 4.78 is 0.862. The molecule has 0 amide bonds. The maximum Gasteiger partial charge on any atom is 0.132 e. The average molecular weight is 175 g/mol. The smallest absolute Gasteiger partial charge is 0.132 e. The van der Waals surface area contributed by atoms with Gasteiger partial charge in [0.15, 0.2) is 0 Å². The standard InChI is InChI=1S/C11H15N2/c1-13(2,3)10-4-5-11-9(8-10)6-7-12-11/h4-8,12H,1-3H3/q+1. The largest absolute Gasteiger partial charge is 0.361 e. The van der Waals surface area contributed by atoms with Crippen molar-refractivity contribution in [3.8, 4) is 0 Å². The maximum atomic E-state index is 3.19. The Bertz CT molecular complexity index is 421. The highest BCUT2D eigenvalue weighted by Gasteiger charge is 2.11. The number of nitrogens with one attached hydrogen (secondary N) is 1. The van der Waals surface area contributed by atoms with Gasteiger partial charge in [0.1, 0.15) is 5.69 Å². The molecule has 68 valence electrons. The van der Waals surface area contributed by atoms with E-state index in [4.69, 9.17) is 0 Å². The van der Waals surface area contributed by atoms with E-state index >= 15 is 0 Å². The Labute approximate surface area is 78.4 Å². The van der Waals surface area contributed by atoms with Gasteiger partial charge in [0.2, 0.25) is 0 Å². The minimum atomic E-state index is 0.862. The van der Waals surface area contributed by atoms with Gasteiger partial charge in [-0.05, 0) is 12.1 Å². The van der Waals surface area contributed by atoms with Gasteiger partial charge in [-0.15, -0.1) is 0 Å². The van der Waals surface area contributed by atoms with Crippen LogP contribution >= 0.6 is 0 Å². The van der Waals surface area contributed by atoms with Crippen molar-refractivity contribution in [1.29, 1.82) is 0 Å². The second-order valence-electron chi connectivity index (χ2n) is 4.26. The lowest BCUT2D eigenvalue weighted by Gasteiger charge is -2.23. The Morgan fingerprint density at radius 1 is 1.08 bits per heavy atom. The second kappa shape index (κ2) is 2.60. The van der Waals surface area contributed by atoms with Gasteiger partial charge >= 0.3 is 0 Å². The van der Waals surface area contributed by atoms with E-state index in [0.717, 1.165) is 4.48 Å². The van der Waals surface area contributed by atoms with Gasteiger partial charge in [0.05, 0.1) is 21.1 Å². The molecule has 0 bridgehead atoms. The van der Waals surface area contributed by atoms with E-state index in [0.29, 0.717) is 0 Å². The Hall–Kier alpha value is -1.28. The third-order valence-electron chi connectivity index (χ3n) is 2.31. The molecule has 0 fully saturated rings. The molecule has 0 radical (unpaired) electrons. The zero-order chi connectivity index (χ0) is 9.47. The number of quaternary nitrogens is 1. The van der Waals surface area contributed by atoms with E-state index in [-0.39, 0.29) is 0 Å². The van der Waals surface area contributed by atoms with E-state index in [1.54, 1.807) is 0 Å². The quantitative estimate of drug-likeness (QED) is 0.640. The Balaban J connectivity index is 2.61. The Morgan fingerprint density at radius 2 is 1.85 bits per heavy atom. The number of aromatic nitrogens is 1. The van der Waals surface area contributed by atoms with Crippen molar-refractivity contribution < 1.29 is 0 Å². The minimum Gasteiger partial charge on any atom is -0.361 e. The molecular formula is C11H15N2+. The van der Waals surface area contributed by atoms with Crippen molar-refractivity contribution in [2.24, 2.45) is 0 Å². The second-order valence-corrected chi connectivity index (χ2v) is 4.26. The van der Waals surface area contributed by atoms with Gasteiger partial charge in [-0.2, -0.15) is 0 Å². The average Bonchev–Trinajstić information content (AvgIpc) is 2.47. The van der Waals surface area contributed by atoms with E-state index < -0.39 is 0 Å². The van der Waals surface area contributed by atoms with E-state index in [2.05, 4.69) is 50.4 Å². The third kappa shape index (κ3) is 1.45. The fraction of sp³-hybridized carbons (Fsp3) is 0.273. The van der Waals surface area contributed by atoms with Crippen LogP contribution < -0.4 is 4.48 Å².